The third-order valence-electron chi connectivity index (χ3n) is 1.95. The summed E-state index contributed by atoms with van der Waals surface area (Å²) in [4.78, 5) is 20.7. The van der Waals surface area contributed by atoms with Crippen molar-refractivity contribution in [3.8, 4) is 10.7 Å². The fourth-order valence-corrected chi connectivity index (χ4v) is 2.89. The quantitative estimate of drug-likeness (QED) is 0.755. The van der Waals surface area contributed by atoms with Crippen molar-refractivity contribution in [2.24, 2.45) is 0 Å². The minimum absolute atomic E-state index is 0.0724. The summed E-state index contributed by atoms with van der Waals surface area (Å²) in [6.45, 7) is 5.38. The average Bonchev–Trinajstić information content (AvgIpc) is 2.71. The molecule has 2 aromatic rings. The summed E-state index contributed by atoms with van der Waals surface area (Å²) in [6, 6.07) is 0. The first-order chi connectivity index (χ1) is 7.08. The molecule has 0 aliphatic heterocycles. The van der Waals surface area contributed by atoms with Gasteiger partial charge in [-0.1, -0.05) is 0 Å². The fraction of sp³-hybridized carbons (Fsp3) is 0.300. The molecule has 0 saturated carbocycles. The molecule has 3 nitrogen and oxygen atoms in total. The second-order valence-electron chi connectivity index (χ2n) is 3.24. The Balaban J connectivity index is 2.46. The van der Waals surface area contributed by atoms with Gasteiger partial charge in [0.25, 0.3) is 0 Å². The lowest BCUT2D eigenvalue weighted by Gasteiger charge is -1.85. The predicted octanol–water partition coefficient (Wildman–Crippen LogP) is 3.09. The first-order valence-corrected chi connectivity index (χ1v) is 6.18. The number of carbonyl (C=O) groups excluding carboxylic acids is 1. The molecule has 2 heterocycles. The Kier molecular flexibility index (Phi) is 2.67. The largest absolute Gasteiger partial charge is 0.294 e. The van der Waals surface area contributed by atoms with Gasteiger partial charge in [0.1, 0.15) is 10.7 Å². The van der Waals surface area contributed by atoms with Gasteiger partial charge < -0.3 is 0 Å². The number of rotatable bonds is 2. The molecule has 0 aromatic carbocycles. The van der Waals surface area contributed by atoms with Crippen molar-refractivity contribution >= 4 is 28.5 Å². The lowest BCUT2D eigenvalue weighted by molar-refractivity contribution is 0.102. The van der Waals surface area contributed by atoms with Gasteiger partial charge in [0.2, 0.25) is 0 Å². The fourth-order valence-electron chi connectivity index (χ4n) is 1.29. The smallest absolute Gasteiger partial charge is 0.171 e. The molecular formula is C10H10N2OS2. The van der Waals surface area contributed by atoms with Crippen molar-refractivity contribution < 1.29 is 4.79 Å². The Morgan fingerprint density at radius 2 is 2.07 bits per heavy atom. The Labute approximate surface area is 95.8 Å². The maximum atomic E-state index is 11.3. The first-order valence-electron chi connectivity index (χ1n) is 4.49. The van der Waals surface area contributed by atoms with Gasteiger partial charge in [0, 0.05) is 12.3 Å². The second-order valence-corrected chi connectivity index (χ2v) is 5.30. The van der Waals surface area contributed by atoms with Crippen molar-refractivity contribution in [3.63, 3.8) is 0 Å². The van der Waals surface area contributed by atoms with E-state index in [1.54, 1.807) is 18.3 Å². The van der Waals surface area contributed by atoms with E-state index in [0.29, 0.717) is 0 Å². The zero-order valence-corrected chi connectivity index (χ0v) is 10.3. The highest BCUT2D eigenvalue weighted by molar-refractivity contribution is 7.17. The van der Waals surface area contributed by atoms with Gasteiger partial charge in [-0.05, 0) is 13.8 Å². The number of carbonyl (C=O) groups is 1. The van der Waals surface area contributed by atoms with Gasteiger partial charge >= 0.3 is 0 Å². The van der Waals surface area contributed by atoms with Crippen LogP contribution in [0.15, 0.2) is 5.38 Å². The molecule has 0 bridgehead atoms. The molecule has 78 valence electrons. The van der Waals surface area contributed by atoms with Gasteiger partial charge in [0.15, 0.2) is 5.78 Å². The summed E-state index contributed by atoms with van der Waals surface area (Å²) >= 11 is 3.01. The Bertz CT molecular complexity index is 513. The van der Waals surface area contributed by atoms with Gasteiger partial charge in [-0.25, -0.2) is 9.97 Å². The molecule has 5 heteroatoms. The molecule has 0 atom stereocenters. The van der Waals surface area contributed by atoms with Crippen LogP contribution in [0.25, 0.3) is 10.7 Å². The minimum atomic E-state index is 0.0724. The van der Waals surface area contributed by atoms with Gasteiger partial charge in [0.05, 0.1) is 15.6 Å². The highest BCUT2D eigenvalue weighted by Crippen LogP contribution is 2.28. The molecule has 2 aromatic heterocycles. The highest BCUT2D eigenvalue weighted by Gasteiger charge is 2.14. The predicted molar refractivity (Wildman–Crippen MR) is 62.7 cm³/mol. The van der Waals surface area contributed by atoms with Gasteiger partial charge in [-0.15, -0.1) is 22.7 Å². The number of thiazole rings is 2. The molecule has 2 rings (SSSR count). The van der Waals surface area contributed by atoms with Crippen LogP contribution in [0.3, 0.4) is 0 Å². The maximum Gasteiger partial charge on any atom is 0.171 e. The summed E-state index contributed by atoms with van der Waals surface area (Å²) in [5, 5.41) is 3.82. The molecule has 0 spiro atoms. The molecule has 0 unspecified atom stereocenters. The maximum absolute atomic E-state index is 11.3. The molecule has 0 N–H and O–H groups in total. The van der Waals surface area contributed by atoms with Crippen LogP contribution in [0.1, 0.15) is 27.3 Å². The summed E-state index contributed by atoms with van der Waals surface area (Å²) in [5.74, 6) is 0.0724. The zero-order valence-electron chi connectivity index (χ0n) is 8.70. The van der Waals surface area contributed by atoms with E-state index in [1.807, 2.05) is 19.2 Å². The van der Waals surface area contributed by atoms with Crippen molar-refractivity contribution in [1.82, 2.24) is 9.97 Å². The van der Waals surface area contributed by atoms with Crippen LogP contribution in [-0.4, -0.2) is 15.8 Å². The van der Waals surface area contributed by atoms with E-state index in [4.69, 9.17) is 0 Å². The molecule has 0 fully saturated rings. The van der Waals surface area contributed by atoms with E-state index in [1.165, 1.54) is 11.3 Å². The average molecular weight is 238 g/mol. The van der Waals surface area contributed by atoms with Crippen molar-refractivity contribution in [1.29, 1.82) is 0 Å². The number of hydrogen-bond acceptors (Lipinski definition) is 5. The van der Waals surface area contributed by atoms with Crippen LogP contribution in [0.4, 0.5) is 0 Å². The molecular weight excluding hydrogens is 228 g/mol. The normalized spacial score (nSPS) is 10.6. The van der Waals surface area contributed by atoms with Gasteiger partial charge in [-0.3, -0.25) is 4.79 Å². The summed E-state index contributed by atoms with van der Waals surface area (Å²) in [5.41, 5.74) is 1.67. The van der Waals surface area contributed by atoms with Gasteiger partial charge in [-0.2, -0.15) is 0 Å². The number of ketones is 1. The summed E-state index contributed by atoms with van der Waals surface area (Å²) in [6.07, 6.45) is 0. The monoisotopic (exact) mass is 238 g/mol. The number of aryl methyl sites for hydroxylation is 2. The van der Waals surface area contributed by atoms with Crippen LogP contribution in [0.2, 0.25) is 0 Å². The molecule has 15 heavy (non-hydrogen) atoms. The first kappa shape index (κ1) is 10.4. The van der Waals surface area contributed by atoms with Crippen LogP contribution < -0.4 is 0 Å². The molecule has 0 saturated heterocycles. The van der Waals surface area contributed by atoms with Crippen molar-refractivity contribution in [2.75, 3.05) is 0 Å². The van der Waals surface area contributed by atoms with Crippen LogP contribution in [-0.2, 0) is 0 Å². The number of nitrogens with zero attached hydrogens (tertiary/aromatic N) is 2. The van der Waals surface area contributed by atoms with E-state index < -0.39 is 0 Å². The molecule has 0 aliphatic rings. The second kappa shape index (κ2) is 3.83. The zero-order chi connectivity index (χ0) is 11.0. The van der Waals surface area contributed by atoms with Crippen LogP contribution in [0, 0.1) is 13.8 Å². The third kappa shape index (κ3) is 1.98. The Hall–Kier alpha value is -1.07. The Morgan fingerprint density at radius 1 is 1.33 bits per heavy atom. The van der Waals surface area contributed by atoms with E-state index >= 15 is 0 Å². The number of aromatic nitrogens is 2. The molecule has 0 radical (unpaired) electrons. The lowest BCUT2D eigenvalue weighted by atomic mass is 10.3. The third-order valence-corrected chi connectivity index (χ3v) is 4.01. The van der Waals surface area contributed by atoms with E-state index in [2.05, 4.69) is 9.97 Å². The van der Waals surface area contributed by atoms with Crippen molar-refractivity contribution in [3.05, 3.63) is 21.0 Å². The SMILES string of the molecule is CC(=O)c1sc(-c2csc(C)n2)nc1C. The molecule has 0 aliphatic carbocycles. The van der Waals surface area contributed by atoms with Crippen LogP contribution in [0.5, 0.6) is 0 Å². The highest BCUT2D eigenvalue weighted by atomic mass is 32.1. The summed E-state index contributed by atoms with van der Waals surface area (Å²) in [7, 11) is 0. The summed E-state index contributed by atoms with van der Waals surface area (Å²) < 4.78 is 0. The minimum Gasteiger partial charge on any atom is -0.294 e. The van der Waals surface area contributed by atoms with E-state index in [9.17, 15) is 4.79 Å². The number of hydrogen-bond donors (Lipinski definition) is 0. The van der Waals surface area contributed by atoms with Crippen LogP contribution >= 0.6 is 22.7 Å². The van der Waals surface area contributed by atoms with E-state index in [0.717, 1.165) is 26.3 Å². The topological polar surface area (TPSA) is 42.9 Å². The molecule has 0 amide bonds. The van der Waals surface area contributed by atoms with E-state index in [-0.39, 0.29) is 5.78 Å². The van der Waals surface area contributed by atoms with Crippen molar-refractivity contribution in [2.45, 2.75) is 20.8 Å². The standard InChI is InChI=1S/C10H10N2OS2/c1-5-9(6(2)13)15-10(11-5)8-4-14-7(3)12-8/h4H,1-3H3. The lowest BCUT2D eigenvalue weighted by Crippen LogP contribution is -1.89. The number of Topliss-reactive ketones (excluding diaryl/α,β-unsaturated/α-hetero) is 1. The Morgan fingerprint density at radius 3 is 2.53 bits per heavy atom.